The van der Waals surface area contributed by atoms with Crippen molar-refractivity contribution in [2.24, 2.45) is 0 Å². The Morgan fingerprint density at radius 3 is 2.88 bits per heavy atom. The molecule has 1 aliphatic heterocycles. The molecule has 0 unspecified atom stereocenters. The van der Waals surface area contributed by atoms with Crippen LogP contribution in [-0.4, -0.2) is 30.3 Å². The number of nitrogens with zero attached hydrogens (tertiary/aromatic N) is 1. The highest BCUT2D eigenvalue weighted by Crippen LogP contribution is 2.16. The van der Waals surface area contributed by atoms with Gasteiger partial charge in [-0.3, -0.25) is 9.69 Å². The molecule has 1 aromatic carbocycles. The zero-order valence-electron chi connectivity index (χ0n) is 9.29. The summed E-state index contributed by atoms with van der Waals surface area (Å²) in [7, 11) is 0. The maximum Gasteiger partial charge on any atom is 0.146 e. The molecule has 1 heterocycles. The van der Waals surface area contributed by atoms with Crippen LogP contribution in [0.15, 0.2) is 24.3 Å². The van der Waals surface area contributed by atoms with Gasteiger partial charge in [-0.25, -0.2) is 0 Å². The van der Waals surface area contributed by atoms with E-state index in [0.29, 0.717) is 12.3 Å². The van der Waals surface area contributed by atoms with Crippen LogP contribution in [-0.2, 0) is 11.2 Å². The average molecular weight is 238 g/mol. The van der Waals surface area contributed by atoms with E-state index in [1.165, 1.54) is 5.56 Å². The fraction of sp³-hybridized carbons (Fsp3) is 0.462. The number of ketones is 1. The predicted molar refractivity (Wildman–Crippen MR) is 65.8 cm³/mol. The van der Waals surface area contributed by atoms with Gasteiger partial charge in [-0.2, -0.15) is 0 Å². The summed E-state index contributed by atoms with van der Waals surface area (Å²) >= 11 is 6.09. The van der Waals surface area contributed by atoms with Crippen molar-refractivity contribution in [3.63, 3.8) is 0 Å². The number of hydrogen-bond acceptors (Lipinski definition) is 2. The first kappa shape index (κ1) is 11.6. The van der Waals surface area contributed by atoms with Crippen LogP contribution in [0, 0.1) is 0 Å². The minimum atomic E-state index is 0.366. The van der Waals surface area contributed by atoms with E-state index in [4.69, 9.17) is 11.6 Å². The van der Waals surface area contributed by atoms with Crippen LogP contribution in [0.3, 0.4) is 0 Å². The van der Waals surface area contributed by atoms with Gasteiger partial charge in [0.2, 0.25) is 0 Å². The number of carbonyl (C=O) groups excluding carboxylic acids is 1. The van der Waals surface area contributed by atoms with Crippen LogP contribution < -0.4 is 0 Å². The Kier molecular flexibility index (Phi) is 3.97. The standard InChI is InChI=1S/C13H16ClNO/c14-13-6-2-1-4-11(13)7-9-15-8-3-5-12(16)10-15/h1-2,4,6H,3,5,7-10H2. The monoisotopic (exact) mass is 237 g/mol. The number of benzene rings is 1. The van der Waals surface area contributed by atoms with E-state index in [9.17, 15) is 4.79 Å². The van der Waals surface area contributed by atoms with Crippen LogP contribution >= 0.6 is 11.6 Å². The molecule has 2 rings (SSSR count). The van der Waals surface area contributed by atoms with Gasteiger partial charge in [0.1, 0.15) is 5.78 Å². The first-order chi connectivity index (χ1) is 7.75. The molecule has 0 amide bonds. The fourth-order valence-corrected chi connectivity index (χ4v) is 2.31. The zero-order chi connectivity index (χ0) is 11.4. The molecule has 0 radical (unpaired) electrons. The summed E-state index contributed by atoms with van der Waals surface area (Å²) in [5.74, 6) is 0.366. The van der Waals surface area contributed by atoms with Crippen LogP contribution in [0.1, 0.15) is 18.4 Å². The molecule has 3 heteroatoms. The van der Waals surface area contributed by atoms with Gasteiger partial charge >= 0.3 is 0 Å². The van der Waals surface area contributed by atoms with Gasteiger partial charge in [0, 0.05) is 18.0 Å². The lowest BCUT2D eigenvalue weighted by atomic mass is 10.1. The highest BCUT2D eigenvalue weighted by atomic mass is 35.5. The topological polar surface area (TPSA) is 20.3 Å². The third-order valence-corrected chi connectivity index (χ3v) is 3.35. The molecule has 0 saturated carbocycles. The number of rotatable bonds is 3. The Bertz CT molecular complexity index is 378. The van der Waals surface area contributed by atoms with Gasteiger partial charge < -0.3 is 0 Å². The fourth-order valence-electron chi connectivity index (χ4n) is 2.08. The van der Waals surface area contributed by atoms with E-state index in [0.717, 1.165) is 37.4 Å². The highest BCUT2D eigenvalue weighted by Gasteiger charge is 2.16. The molecule has 0 N–H and O–H groups in total. The highest BCUT2D eigenvalue weighted by molar-refractivity contribution is 6.31. The lowest BCUT2D eigenvalue weighted by Crippen LogP contribution is -2.36. The van der Waals surface area contributed by atoms with Crippen molar-refractivity contribution in [3.8, 4) is 0 Å². The van der Waals surface area contributed by atoms with Gasteiger partial charge in [-0.05, 0) is 31.0 Å². The molecule has 0 atom stereocenters. The molecule has 1 aromatic rings. The molecular weight excluding hydrogens is 222 g/mol. The van der Waals surface area contributed by atoms with E-state index >= 15 is 0 Å². The van der Waals surface area contributed by atoms with Crippen molar-refractivity contribution in [1.82, 2.24) is 4.90 Å². The van der Waals surface area contributed by atoms with E-state index in [1.807, 2.05) is 24.3 Å². The quantitative estimate of drug-likeness (QED) is 0.805. The molecule has 2 nitrogen and oxygen atoms in total. The van der Waals surface area contributed by atoms with Crippen LogP contribution in [0.25, 0.3) is 0 Å². The third kappa shape index (κ3) is 3.06. The second kappa shape index (κ2) is 5.46. The van der Waals surface area contributed by atoms with E-state index in [1.54, 1.807) is 0 Å². The molecule has 0 bridgehead atoms. The Morgan fingerprint density at radius 1 is 1.31 bits per heavy atom. The van der Waals surface area contributed by atoms with Gasteiger partial charge in [-0.15, -0.1) is 0 Å². The number of likely N-dealkylation sites (tertiary alicyclic amines) is 1. The summed E-state index contributed by atoms with van der Waals surface area (Å²) in [5.41, 5.74) is 1.17. The van der Waals surface area contributed by atoms with Crippen LogP contribution in [0.5, 0.6) is 0 Å². The lowest BCUT2D eigenvalue weighted by molar-refractivity contribution is -0.122. The molecule has 86 valence electrons. The largest absolute Gasteiger partial charge is 0.298 e. The van der Waals surface area contributed by atoms with Crippen molar-refractivity contribution in [2.45, 2.75) is 19.3 Å². The smallest absolute Gasteiger partial charge is 0.146 e. The Balaban J connectivity index is 1.87. The van der Waals surface area contributed by atoms with Crippen molar-refractivity contribution < 1.29 is 4.79 Å². The molecule has 0 aliphatic carbocycles. The minimum absolute atomic E-state index is 0.366. The molecule has 1 saturated heterocycles. The molecule has 0 spiro atoms. The normalized spacial score (nSPS) is 17.7. The zero-order valence-corrected chi connectivity index (χ0v) is 10.0. The second-order valence-electron chi connectivity index (χ2n) is 4.26. The lowest BCUT2D eigenvalue weighted by Gasteiger charge is -2.25. The summed E-state index contributed by atoms with van der Waals surface area (Å²) < 4.78 is 0. The number of carbonyl (C=O) groups is 1. The first-order valence-electron chi connectivity index (χ1n) is 5.73. The molecule has 16 heavy (non-hydrogen) atoms. The number of halogens is 1. The number of hydrogen-bond donors (Lipinski definition) is 0. The third-order valence-electron chi connectivity index (χ3n) is 2.99. The Hall–Kier alpha value is -0.860. The van der Waals surface area contributed by atoms with Gasteiger partial charge in [-0.1, -0.05) is 29.8 Å². The van der Waals surface area contributed by atoms with Crippen LogP contribution in [0.4, 0.5) is 0 Å². The maximum atomic E-state index is 11.3. The molecule has 1 aliphatic rings. The molecule has 1 fully saturated rings. The van der Waals surface area contributed by atoms with Crippen molar-refractivity contribution >= 4 is 17.4 Å². The van der Waals surface area contributed by atoms with Crippen molar-refractivity contribution in [1.29, 1.82) is 0 Å². The Morgan fingerprint density at radius 2 is 2.12 bits per heavy atom. The molecule has 0 aromatic heterocycles. The van der Waals surface area contributed by atoms with Gasteiger partial charge in [0.15, 0.2) is 0 Å². The van der Waals surface area contributed by atoms with Gasteiger partial charge in [0.25, 0.3) is 0 Å². The van der Waals surface area contributed by atoms with E-state index < -0.39 is 0 Å². The van der Waals surface area contributed by atoms with E-state index in [2.05, 4.69) is 4.90 Å². The van der Waals surface area contributed by atoms with Crippen LogP contribution in [0.2, 0.25) is 5.02 Å². The maximum absolute atomic E-state index is 11.3. The van der Waals surface area contributed by atoms with E-state index in [-0.39, 0.29) is 0 Å². The average Bonchev–Trinajstić information content (AvgIpc) is 2.28. The van der Waals surface area contributed by atoms with Gasteiger partial charge in [0.05, 0.1) is 6.54 Å². The number of piperidine rings is 1. The second-order valence-corrected chi connectivity index (χ2v) is 4.67. The summed E-state index contributed by atoms with van der Waals surface area (Å²) in [6, 6.07) is 7.91. The summed E-state index contributed by atoms with van der Waals surface area (Å²) in [4.78, 5) is 13.5. The van der Waals surface area contributed by atoms with Crippen molar-refractivity contribution in [2.75, 3.05) is 19.6 Å². The minimum Gasteiger partial charge on any atom is -0.298 e. The predicted octanol–water partition coefficient (Wildman–Crippen LogP) is 2.55. The summed E-state index contributed by atoms with van der Waals surface area (Å²) in [5, 5.41) is 0.825. The summed E-state index contributed by atoms with van der Waals surface area (Å²) in [6.45, 7) is 2.58. The SMILES string of the molecule is O=C1CCCN(CCc2ccccc2Cl)C1. The Labute approximate surface area is 101 Å². The summed E-state index contributed by atoms with van der Waals surface area (Å²) in [6.07, 6.45) is 2.68. The van der Waals surface area contributed by atoms with Crippen molar-refractivity contribution in [3.05, 3.63) is 34.9 Å². The number of Topliss-reactive ketones (excluding diaryl/α,β-unsaturated/α-hetero) is 1. The first-order valence-corrected chi connectivity index (χ1v) is 6.11. The molecular formula is C13H16ClNO.